The van der Waals surface area contributed by atoms with Crippen LogP contribution in [0.5, 0.6) is 5.75 Å². The number of fused-ring (bicyclic) bond motifs is 1. The molecule has 0 saturated heterocycles. The first-order valence-electron chi connectivity index (χ1n) is 6.20. The average molecular weight is 273 g/mol. The molecule has 104 valence electrons. The van der Waals surface area contributed by atoms with Crippen LogP contribution in [0.1, 0.15) is 24.2 Å². The topological polar surface area (TPSA) is 78.6 Å². The van der Waals surface area contributed by atoms with Gasteiger partial charge in [-0.3, -0.25) is 4.79 Å². The minimum absolute atomic E-state index is 0.275. The molecule has 0 atom stereocenters. The smallest absolute Gasteiger partial charge is 0.338 e. The molecular formula is C15H15NO4. The van der Waals surface area contributed by atoms with Crippen LogP contribution in [-0.4, -0.2) is 18.5 Å². The molecular weight excluding hydrogens is 258 g/mol. The lowest BCUT2D eigenvalue weighted by atomic mass is 10.0. The molecule has 0 saturated carbocycles. The summed E-state index contributed by atoms with van der Waals surface area (Å²) in [6.45, 7) is 3.31. The quantitative estimate of drug-likeness (QED) is 0.528. The summed E-state index contributed by atoms with van der Waals surface area (Å²) in [5, 5.41) is 1.43. The molecule has 0 aliphatic heterocycles. The van der Waals surface area contributed by atoms with E-state index in [0.717, 1.165) is 0 Å². The molecule has 2 rings (SSSR count). The minimum Gasteiger partial charge on any atom is -0.462 e. The van der Waals surface area contributed by atoms with Crippen LogP contribution in [0.2, 0.25) is 0 Å². The molecule has 2 aromatic carbocycles. The molecule has 0 heterocycles. The number of hydrogen-bond acceptors (Lipinski definition) is 5. The molecule has 0 bridgehead atoms. The zero-order valence-corrected chi connectivity index (χ0v) is 11.3. The second-order valence-electron chi connectivity index (χ2n) is 4.27. The van der Waals surface area contributed by atoms with E-state index in [1.807, 2.05) is 0 Å². The van der Waals surface area contributed by atoms with Gasteiger partial charge in [-0.1, -0.05) is 0 Å². The molecule has 2 aromatic rings. The Kier molecular flexibility index (Phi) is 3.89. The highest BCUT2D eigenvalue weighted by atomic mass is 16.5. The zero-order chi connectivity index (χ0) is 14.7. The van der Waals surface area contributed by atoms with Crippen molar-refractivity contribution in [2.75, 3.05) is 12.3 Å². The van der Waals surface area contributed by atoms with Gasteiger partial charge in [0.05, 0.1) is 12.2 Å². The van der Waals surface area contributed by atoms with Crippen molar-refractivity contribution in [3.63, 3.8) is 0 Å². The lowest BCUT2D eigenvalue weighted by Crippen LogP contribution is -2.07. The van der Waals surface area contributed by atoms with E-state index < -0.39 is 11.9 Å². The van der Waals surface area contributed by atoms with E-state index in [1.165, 1.54) is 13.0 Å². The summed E-state index contributed by atoms with van der Waals surface area (Å²) in [7, 11) is 0. The third-order valence-electron chi connectivity index (χ3n) is 2.70. The lowest BCUT2D eigenvalue weighted by Gasteiger charge is -2.10. The molecule has 0 unspecified atom stereocenters. The Hall–Kier alpha value is -2.56. The van der Waals surface area contributed by atoms with Crippen molar-refractivity contribution in [2.24, 2.45) is 0 Å². The van der Waals surface area contributed by atoms with Crippen LogP contribution in [0.15, 0.2) is 30.3 Å². The van der Waals surface area contributed by atoms with Gasteiger partial charge >= 0.3 is 11.9 Å². The molecule has 2 N–H and O–H groups in total. The van der Waals surface area contributed by atoms with Crippen LogP contribution in [0.25, 0.3) is 10.8 Å². The standard InChI is InChI=1S/C15H15NO4/c1-3-19-15(18)11-6-10-7-12(16)4-5-13(10)14(8-11)20-9(2)17/h4-8H,3,16H2,1-2H3. The van der Waals surface area contributed by atoms with E-state index in [2.05, 4.69) is 0 Å². The molecule has 0 spiro atoms. The first-order chi connectivity index (χ1) is 9.51. The predicted octanol–water partition coefficient (Wildman–Crippen LogP) is 2.52. The number of rotatable bonds is 3. The fraction of sp³-hybridized carbons (Fsp3) is 0.200. The number of esters is 2. The number of nitrogen functional groups attached to an aromatic ring is 1. The van der Waals surface area contributed by atoms with Crippen molar-refractivity contribution in [2.45, 2.75) is 13.8 Å². The van der Waals surface area contributed by atoms with E-state index in [4.69, 9.17) is 15.2 Å². The second-order valence-corrected chi connectivity index (χ2v) is 4.27. The molecule has 5 heteroatoms. The molecule has 5 nitrogen and oxygen atoms in total. The summed E-state index contributed by atoms with van der Waals surface area (Å²) in [5.74, 6) is -0.604. The number of hydrogen-bond donors (Lipinski definition) is 1. The second kappa shape index (κ2) is 5.61. The highest BCUT2D eigenvalue weighted by Crippen LogP contribution is 2.29. The zero-order valence-electron chi connectivity index (χ0n) is 11.3. The van der Waals surface area contributed by atoms with Gasteiger partial charge in [0.2, 0.25) is 0 Å². The third kappa shape index (κ3) is 2.88. The van der Waals surface area contributed by atoms with E-state index in [9.17, 15) is 9.59 Å². The van der Waals surface area contributed by atoms with Gasteiger partial charge in [-0.2, -0.15) is 0 Å². The van der Waals surface area contributed by atoms with Gasteiger partial charge in [0.1, 0.15) is 5.75 Å². The summed E-state index contributed by atoms with van der Waals surface area (Å²) in [5.41, 5.74) is 6.62. The largest absolute Gasteiger partial charge is 0.462 e. The van der Waals surface area contributed by atoms with Crippen LogP contribution < -0.4 is 10.5 Å². The summed E-state index contributed by atoms with van der Waals surface area (Å²) in [6, 6.07) is 8.33. The van der Waals surface area contributed by atoms with Crippen molar-refractivity contribution < 1.29 is 19.1 Å². The van der Waals surface area contributed by atoms with E-state index >= 15 is 0 Å². The first-order valence-corrected chi connectivity index (χ1v) is 6.20. The van der Waals surface area contributed by atoms with Gasteiger partial charge in [-0.05, 0) is 42.6 Å². The summed E-state index contributed by atoms with van der Waals surface area (Å²) in [4.78, 5) is 23.0. The SMILES string of the molecule is CCOC(=O)c1cc(OC(C)=O)c2ccc(N)cc2c1. The maximum atomic E-state index is 11.8. The summed E-state index contributed by atoms with van der Waals surface area (Å²) < 4.78 is 10.1. The normalized spacial score (nSPS) is 10.3. The van der Waals surface area contributed by atoms with E-state index in [1.54, 1.807) is 31.2 Å². The number of carbonyl (C=O) groups excluding carboxylic acids is 2. The highest BCUT2D eigenvalue weighted by molar-refractivity contribution is 6.00. The van der Waals surface area contributed by atoms with Gasteiger partial charge in [0, 0.05) is 18.0 Å². The van der Waals surface area contributed by atoms with Crippen LogP contribution >= 0.6 is 0 Å². The van der Waals surface area contributed by atoms with Crippen LogP contribution in [0.3, 0.4) is 0 Å². The van der Waals surface area contributed by atoms with Crippen LogP contribution in [-0.2, 0) is 9.53 Å². The molecule has 0 radical (unpaired) electrons. The molecule has 0 aromatic heterocycles. The van der Waals surface area contributed by atoms with Gasteiger partial charge in [-0.15, -0.1) is 0 Å². The summed E-state index contributed by atoms with van der Waals surface area (Å²) in [6.07, 6.45) is 0. The number of nitrogens with two attached hydrogens (primary N) is 1. The molecule has 0 amide bonds. The Morgan fingerprint density at radius 2 is 1.95 bits per heavy atom. The Balaban J connectivity index is 2.61. The molecule has 0 aliphatic rings. The maximum absolute atomic E-state index is 11.8. The molecule has 20 heavy (non-hydrogen) atoms. The summed E-state index contributed by atoms with van der Waals surface area (Å²) >= 11 is 0. The van der Waals surface area contributed by atoms with Crippen molar-refractivity contribution in [1.29, 1.82) is 0 Å². The lowest BCUT2D eigenvalue weighted by molar-refractivity contribution is -0.131. The van der Waals surface area contributed by atoms with Crippen molar-refractivity contribution >= 4 is 28.4 Å². The van der Waals surface area contributed by atoms with Gasteiger partial charge in [0.25, 0.3) is 0 Å². The Morgan fingerprint density at radius 1 is 1.20 bits per heavy atom. The van der Waals surface area contributed by atoms with Crippen molar-refractivity contribution in [3.8, 4) is 5.75 Å². The predicted molar refractivity (Wildman–Crippen MR) is 75.6 cm³/mol. The average Bonchev–Trinajstić information content (AvgIpc) is 2.37. The molecule has 0 fully saturated rings. The van der Waals surface area contributed by atoms with Gasteiger partial charge in [-0.25, -0.2) is 4.79 Å². The maximum Gasteiger partial charge on any atom is 0.338 e. The van der Waals surface area contributed by atoms with Crippen LogP contribution in [0, 0.1) is 0 Å². The van der Waals surface area contributed by atoms with Gasteiger partial charge < -0.3 is 15.2 Å². The fourth-order valence-corrected chi connectivity index (χ4v) is 1.92. The fourth-order valence-electron chi connectivity index (χ4n) is 1.92. The Bertz CT molecular complexity index is 679. The third-order valence-corrected chi connectivity index (χ3v) is 2.70. The first kappa shape index (κ1) is 13.9. The van der Waals surface area contributed by atoms with Gasteiger partial charge in [0.15, 0.2) is 0 Å². The monoisotopic (exact) mass is 273 g/mol. The van der Waals surface area contributed by atoms with Crippen molar-refractivity contribution in [3.05, 3.63) is 35.9 Å². The number of anilines is 1. The number of benzene rings is 2. The van der Waals surface area contributed by atoms with E-state index in [-0.39, 0.29) is 6.61 Å². The molecule has 0 aliphatic carbocycles. The number of carbonyl (C=O) groups is 2. The van der Waals surface area contributed by atoms with E-state index in [0.29, 0.717) is 27.8 Å². The number of ether oxygens (including phenoxy) is 2. The Labute approximate surface area is 116 Å². The highest BCUT2D eigenvalue weighted by Gasteiger charge is 2.13. The Morgan fingerprint density at radius 3 is 2.60 bits per heavy atom. The van der Waals surface area contributed by atoms with Crippen molar-refractivity contribution in [1.82, 2.24) is 0 Å². The van der Waals surface area contributed by atoms with Crippen LogP contribution in [0.4, 0.5) is 5.69 Å². The minimum atomic E-state index is -0.467.